The summed E-state index contributed by atoms with van der Waals surface area (Å²) in [7, 11) is 0. The van der Waals surface area contributed by atoms with Crippen LogP contribution in [-0.2, 0) is 9.53 Å². The lowest BCUT2D eigenvalue weighted by molar-refractivity contribution is -0.134. The Morgan fingerprint density at radius 1 is 1.32 bits per heavy atom. The molecule has 0 spiro atoms. The van der Waals surface area contributed by atoms with E-state index in [2.05, 4.69) is 17.6 Å². The molecule has 2 unspecified atom stereocenters. The molecule has 3 fully saturated rings. The molecule has 2 atom stereocenters. The minimum absolute atomic E-state index is 0.137. The first kappa shape index (κ1) is 13.4. The quantitative estimate of drug-likeness (QED) is 0.810. The summed E-state index contributed by atoms with van der Waals surface area (Å²) < 4.78 is 5.82. The van der Waals surface area contributed by atoms with Crippen LogP contribution in [-0.4, -0.2) is 37.7 Å². The smallest absolute Gasteiger partial charge is 0.226 e. The Bertz CT molecular complexity index is 335. The maximum Gasteiger partial charge on any atom is 0.226 e. The first-order chi connectivity index (χ1) is 9.25. The maximum absolute atomic E-state index is 12.7. The maximum atomic E-state index is 12.7. The number of carbonyl (C=O) groups excluding carboxylic acids is 1. The van der Waals surface area contributed by atoms with Crippen LogP contribution in [0, 0.1) is 11.3 Å². The van der Waals surface area contributed by atoms with Crippen molar-refractivity contribution in [1.82, 2.24) is 10.6 Å². The van der Waals surface area contributed by atoms with Crippen LogP contribution in [0.15, 0.2) is 0 Å². The Morgan fingerprint density at radius 3 is 2.68 bits per heavy atom. The van der Waals surface area contributed by atoms with Crippen molar-refractivity contribution in [2.24, 2.45) is 11.3 Å². The molecule has 0 aromatic carbocycles. The Kier molecular flexibility index (Phi) is 3.81. The third-order valence-corrected chi connectivity index (χ3v) is 5.26. The van der Waals surface area contributed by atoms with Gasteiger partial charge in [-0.3, -0.25) is 4.79 Å². The van der Waals surface area contributed by atoms with Gasteiger partial charge in [0.15, 0.2) is 0 Å². The van der Waals surface area contributed by atoms with Crippen molar-refractivity contribution >= 4 is 5.91 Å². The molecule has 0 radical (unpaired) electrons. The predicted octanol–water partition coefficient (Wildman–Crippen LogP) is 1.45. The third-order valence-electron chi connectivity index (χ3n) is 5.26. The molecule has 4 nitrogen and oxygen atoms in total. The van der Waals surface area contributed by atoms with E-state index in [1.807, 2.05) is 0 Å². The summed E-state index contributed by atoms with van der Waals surface area (Å²) in [5, 5.41) is 6.67. The highest BCUT2D eigenvalue weighted by Gasteiger charge is 2.44. The Labute approximate surface area is 115 Å². The van der Waals surface area contributed by atoms with E-state index >= 15 is 0 Å². The number of ether oxygens (including phenoxy) is 1. The van der Waals surface area contributed by atoms with Gasteiger partial charge >= 0.3 is 0 Å². The lowest BCUT2D eigenvalue weighted by atomic mass is 9.75. The van der Waals surface area contributed by atoms with Crippen LogP contribution in [0.2, 0.25) is 0 Å². The lowest BCUT2D eigenvalue weighted by Gasteiger charge is -2.36. The van der Waals surface area contributed by atoms with E-state index in [9.17, 15) is 4.79 Å². The molecule has 1 amide bonds. The van der Waals surface area contributed by atoms with E-state index in [1.54, 1.807) is 0 Å². The average molecular weight is 266 g/mol. The summed E-state index contributed by atoms with van der Waals surface area (Å²) >= 11 is 0. The van der Waals surface area contributed by atoms with Gasteiger partial charge in [0, 0.05) is 6.61 Å². The van der Waals surface area contributed by atoms with Gasteiger partial charge in [0.2, 0.25) is 5.91 Å². The molecule has 4 heteroatoms. The molecule has 2 aliphatic heterocycles. The van der Waals surface area contributed by atoms with E-state index in [1.165, 1.54) is 12.8 Å². The van der Waals surface area contributed by atoms with Crippen molar-refractivity contribution in [3.05, 3.63) is 0 Å². The third kappa shape index (κ3) is 2.65. The van der Waals surface area contributed by atoms with Crippen LogP contribution in [0.5, 0.6) is 0 Å². The fraction of sp³-hybridized carbons (Fsp3) is 0.933. The molecule has 19 heavy (non-hydrogen) atoms. The molecular weight excluding hydrogens is 240 g/mol. The molecule has 1 saturated carbocycles. The molecular formula is C15H26N2O2. The molecule has 108 valence electrons. The monoisotopic (exact) mass is 266 g/mol. The van der Waals surface area contributed by atoms with E-state index < -0.39 is 0 Å². The zero-order chi connectivity index (χ0) is 13.3. The predicted molar refractivity (Wildman–Crippen MR) is 73.8 cm³/mol. The van der Waals surface area contributed by atoms with Crippen LogP contribution >= 0.6 is 0 Å². The molecule has 1 aliphatic carbocycles. The molecule has 0 aromatic heterocycles. The second-order valence-corrected chi connectivity index (χ2v) is 6.43. The van der Waals surface area contributed by atoms with Crippen LogP contribution < -0.4 is 10.6 Å². The highest BCUT2D eigenvalue weighted by Crippen LogP contribution is 2.39. The summed E-state index contributed by atoms with van der Waals surface area (Å²) in [5.74, 6) is 0.982. The number of hydrogen-bond acceptors (Lipinski definition) is 3. The van der Waals surface area contributed by atoms with Crippen molar-refractivity contribution < 1.29 is 9.53 Å². The molecule has 0 bridgehead atoms. The molecule has 0 aromatic rings. The summed E-state index contributed by atoms with van der Waals surface area (Å²) in [5.41, 5.74) is -0.137. The van der Waals surface area contributed by atoms with Gasteiger partial charge in [-0.05, 0) is 57.5 Å². The van der Waals surface area contributed by atoms with Gasteiger partial charge in [-0.25, -0.2) is 0 Å². The summed E-state index contributed by atoms with van der Waals surface area (Å²) in [6.45, 7) is 4.89. The SMILES string of the molecule is CCC1(C(=O)NC2CCOC2C2CC2)CCNCC1. The van der Waals surface area contributed by atoms with Gasteiger partial charge in [-0.2, -0.15) is 0 Å². The molecule has 2 heterocycles. The van der Waals surface area contributed by atoms with Gasteiger partial charge in [-0.1, -0.05) is 6.92 Å². The first-order valence-corrected chi connectivity index (χ1v) is 7.88. The Balaban J connectivity index is 1.62. The summed E-state index contributed by atoms with van der Waals surface area (Å²) in [4.78, 5) is 12.7. The summed E-state index contributed by atoms with van der Waals surface area (Å²) in [6, 6.07) is 0.262. The molecule has 2 N–H and O–H groups in total. The Hall–Kier alpha value is -0.610. The fourth-order valence-corrected chi connectivity index (χ4v) is 3.62. The fourth-order valence-electron chi connectivity index (χ4n) is 3.62. The van der Waals surface area contributed by atoms with Crippen LogP contribution in [0.4, 0.5) is 0 Å². The second kappa shape index (κ2) is 5.41. The van der Waals surface area contributed by atoms with Crippen molar-refractivity contribution in [2.45, 2.75) is 57.6 Å². The molecule has 2 saturated heterocycles. The highest BCUT2D eigenvalue weighted by molar-refractivity contribution is 5.83. The zero-order valence-electron chi connectivity index (χ0n) is 11.9. The average Bonchev–Trinajstić information content (AvgIpc) is 3.20. The number of piperidine rings is 1. The highest BCUT2D eigenvalue weighted by atomic mass is 16.5. The number of amides is 1. The van der Waals surface area contributed by atoms with Gasteiger partial charge in [0.25, 0.3) is 0 Å². The van der Waals surface area contributed by atoms with Gasteiger partial charge in [-0.15, -0.1) is 0 Å². The number of rotatable bonds is 4. The minimum Gasteiger partial charge on any atom is -0.376 e. The van der Waals surface area contributed by atoms with E-state index in [4.69, 9.17) is 4.74 Å². The van der Waals surface area contributed by atoms with Crippen molar-refractivity contribution in [3.63, 3.8) is 0 Å². The molecule has 3 aliphatic rings. The minimum atomic E-state index is -0.137. The van der Waals surface area contributed by atoms with Crippen molar-refractivity contribution in [2.75, 3.05) is 19.7 Å². The first-order valence-electron chi connectivity index (χ1n) is 7.88. The zero-order valence-corrected chi connectivity index (χ0v) is 11.9. The Morgan fingerprint density at radius 2 is 2.05 bits per heavy atom. The number of carbonyl (C=O) groups is 1. The second-order valence-electron chi connectivity index (χ2n) is 6.43. The van der Waals surface area contributed by atoms with E-state index in [0.717, 1.165) is 45.4 Å². The van der Waals surface area contributed by atoms with Crippen LogP contribution in [0.25, 0.3) is 0 Å². The van der Waals surface area contributed by atoms with Crippen LogP contribution in [0.3, 0.4) is 0 Å². The normalized spacial score (nSPS) is 34.2. The largest absolute Gasteiger partial charge is 0.376 e. The van der Waals surface area contributed by atoms with Gasteiger partial charge in [0.1, 0.15) is 0 Å². The summed E-state index contributed by atoms with van der Waals surface area (Å²) in [6.07, 6.45) is 6.72. The van der Waals surface area contributed by atoms with Crippen molar-refractivity contribution in [3.8, 4) is 0 Å². The lowest BCUT2D eigenvalue weighted by Crippen LogP contribution is -2.52. The van der Waals surface area contributed by atoms with Gasteiger partial charge < -0.3 is 15.4 Å². The van der Waals surface area contributed by atoms with Gasteiger partial charge in [0.05, 0.1) is 17.6 Å². The standard InChI is InChI=1S/C15H26N2O2/c1-2-15(6-8-16-9-7-15)14(18)17-12-5-10-19-13(12)11-3-4-11/h11-13,16H,2-10H2,1H3,(H,17,18). The van der Waals surface area contributed by atoms with E-state index in [0.29, 0.717) is 12.0 Å². The van der Waals surface area contributed by atoms with Crippen molar-refractivity contribution in [1.29, 1.82) is 0 Å². The van der Waals surface area contributed by atoms with E-state index in [-0.39, 0.29) is 17.4 Å². The topological polar surface area (TPSA) is 50.4 Å². The molecule has 3 rings (SSSR count). The number of hydrogen-bond donors (Lipinski definition) is 2. The van der Waals surface area contributed by atoms with Crippen LogP contribution in [0.1, 0.15) is 45.4 Å². The number of nitrogens with one attached hydrogen (secondary N) is 2.